The first-order chi connectivity index (χ1) is 12.5. The van der Waals surface area contributed by atoms with E-state index in [0.29, 0.717) is 31.5 Å². The van der Waals surface area contributed by atoms with E-state index < -0.39 is 10.0 Å². The molecule has 3 aliphatic rings. The van der Waals surface area contributed by atoms with Gasteiger partial charge in [-0.2, -0.15) is 4.31 Å². The lowest BCUT2D eigenvalue weighted by Crippen LogP contribution is -2.57. The van der Waals surface area contributed by atoms with Gasteiger partial charge in [-0.15, -0.1) is 0 Å². The Morgan fingerprint density at radius 1 is 1.27 bits per heavy atom. The maximum absolute atomic E-state index is 12.9. The molecule has 1 aromatic carbocycles. The summed E-state index contributed by atoms with van der Waals surface area (Å²) >= 11 is 0. The maximum Gasteiger partial charge on any atom is 0.214 e. The third-order valence-electron chi connectivity index (χ3n) is 6.53. The van der Waals surface area contributed by atoms with E-state index in [1.165, 1.54) is 16.7 Å². The molecule has 3 aliphatic heterocycles. The first-order valence-electron chi connectivity index (χ1n) is 10.0. The zero-order chi connectivity index (χ0) is 18.3. The zero-order valence-corrected chi connectivity index (χ0v) is 16.5. The molecular weight excluding hydrogens is 346 g/mol. The van der Waals surface area contributed by atoms with Gasteiger partial charge in [0.2, 0.25) is 10.0 Å². The van der Waals surface area contributed by atoms with Crippen LogP contribution in [0.2, 0.25) is 0 Å². The number of sulfonamides is 1. The van der Waals surface area contributed by atoms with Gasteiger partial charge >= 0.3 is 0 Å². The molecule has 26 heavy (non-hydrogen) atoms. The van der Waals surface area contributed by atoms with E-state index in [1.807, 2.05) is 4.31 Å². The van der Waals surface area contributed by atoms with Crippen molar-refractivity contribution in [3.8, 4) is 0 Å². The Balaban J connectivity index is 1.61. The van der Waals surface area contributed by atoms with Gasteiger partial charge in [-0.25, -0.2) is 8.42 Å². The molecule has 5 nitrogen and oxygen atoms in total. The summed E-state index contributed by atoms with van der Waals surface area (Å²) in [6, 6.07) is 7.31. The summed E-state index contributed by atoms with van der Waals surface area (Å²) in [6.07, 6.45) is 4.73. The van der Waals surface area contributed by atoms with Gasteiger partial charge in [0.05, 0.1) is 5.75 Å². The lowest BCUT2D eigenvalue weighted by molar-refractivity contribution is 0.0220. The summed E-state index contributed by atoms with van der Waals surface area (Å²) in [5.74, 6) is 0.663. The second kappa shape index (κ2) is 7.23. The van der Waals surface area contributed by atoms with E-state index in [2.05, 4.69) is 30.0 Å². The monoisotopic (exact) mass is 377 g/mol. The molecule has 4 rings (SSSR count). The highest BCUT2D eigenvalue weighted by Crippen LogP contribution is 2.43. The zero-order valence-electron chi connectivity index (χ0n) is 15.7. The van der Waals surface area contributed by atoms with Crippen molar-refractivity contribution < 1.29 is 8.42 Å². The molecule has 0 aromatic heterocycles. The number of piperidine rings is 2. The Bertz CT molecular complexity index is 764. The van der Waals surface area contributed by atoms with E-state index in [0.717, 1.165) is 38.8 Å². The predicted octanol–water partition coefficient (Wildman–Crippen LogP) is 2.06. The highest BCUT2D eigenvalue weighted by atomic mass is 32.2. The predicted molar refractivity (Wildman–Crippen MR) is 104 cm³/mol. The molecule has 3 heterocycles. The average molecular weight is 378 g/mol. The number of hydrogen-bond donors (Lipinski definition) is 1. The van der Waals surface area contributed by atoms with Gasteiger partial charge in [0.1, 0.15) is 0 Å². The molecule has 0 unspecified atom stereocenters. The maximum atomic E-state index is 12.9. The third kappa shape index (κ3) is 3.33. The van der Waals surface area contributed by atoms with E-state index in [4.69, 9.17) is 5.73 Å². The van der Waals surface area contributed by atoms with Crippen LogP contribution in [0, 0.1) is 12.8 Å². The van der Waals surface area contributed by atoms with Crippen LogP contribution < -0.4 is 5.73 Å². The van der Waals surface area contributed by atoms with Crippen LogP contribution in [-0.2, 0) is 16.4 Å². The lowest BCUT2D eigenvalue weighted by atomic mass is 9.77. The fourth-order valence-electron chi connectivity index (χ4n) is 5.27. The van der Waals surface area contributed by atoms with Gasteiger partial charge in [0, 0.05) is 31.7 Å². The van der Waals surface area contributed by atoms with Crippen LogP contribution in [0.25, 0.3) is 0 Å². The molecule has 3 atom stereocenters. The molecule has 0 aliphatic carbocycles. The van der Waals surface area contributed by atoms with Crippen molar-refractivity contribution in [2.24, 2.45) is 11.7 Å². The van der Waals surface area contributed by atoms with E-state index in [-0.39, 0.29) is 11.8 Å². The molecule has 1 aromatic rings. The molecule has 2 saturated heterocycles. The molecule has 0 bridgehead atoms. The summed E-state index contributed by atoms with van der Waals surface area (Å²) in [7, 11) is -3.20. The van der Waals surface area contributed by atoms with Crippen molar-refractivity contribution in [2.45, 2.75) is 51.1 Å². The van der Waals surface area contributed by atoms with Gasteiger partial charge < -0.3 is 5.73 Å². The highest BCUT2D eigenvalue weighted by Gasteiger charge is 2.45. The number of benzene rings is 1. The van der Waals surface area contributed by atoms with E-state index in [9.17, 15) is 8.42 Å². The minimum absolute atomic E-state index is 0.153. The van der Waals surface area contributed by atoms with Crippen LogP contribution in [0.4, 0.5) is 0 Å². The summed E-state index contributed by atoms with van der Waals surface area (Å²) in [5.41, 5.74) is 9.75. The van der Waals surface area contributed by atoms with Crippen LogP contribution in [0.5, 0.6) is 0 Å². The van der Waals surface area contributed by atoms with Crippen molar-refractivity contribution in [3.63, 3.8) is 0 Å². The minimum Gasteiger partial charge on any atom is -0.330 e. The first kappa shape index (κ1) is 18.4. The molecule has 0 saturated carbocycles. The summed E-state index contributed by atoms with van der Waals surface area (Å²) < 4.78 is 27.7. The quantitative estimate of drug-likeness (QED) is 0.872. The van der Waals surface area contributed by atoms with E-state index >= 15 is 0 Å². The number of aryl methyl sites for hydroxylation is 1. The average Bonchev–Trinajstić information content (AvgIpc) is 2.64. The number of nitrogens with zero attached hydrogens (tertiary/aromatic N) is 2. The van der Waals surface area contributed by atoms with Crippen LogP contribution in [0.15, 0.2) is 18.2 Å². The van der Waals surface area contributed by atoms with Crippen LogP contribution in [0.3, 0.4) is 0 Å². The number of fused-ring (bicyclic) bond motifs is 4. The fourth-order valence-corrected chi connectivity index (χ4v) is 7.12. The largest absolute Gasteiger partial charge is 0.330 e. The van der Waals surface area contributed by atoms with Crippen molar-refractivity contribution in [3.05, 3.63) is 34.9 Å². The van der Waals surface area contributed by atoms with Crippen LogP contribution in [0.1, 0.15) is 48.4 Å². The molecule has 144 valence electrons. The molecule has 0 radical (unpaired) electrons. The normalized spacial score (nSPS) is 29.7. The third-order valence-corrected chi connectivity index (χ3v) is 8.50. The fraction of sp³-hybridized carbons (Fsp3) is 0.700. The topological polar surface area (TPSA) is 66.6 Å². The highest BCUT2D eigenvalue weighted by molar-refractivity contribution is 7.89. The summed E-state index contributed by atoms with van der Waals surface area (Å²) in [6.45, 7) is 5.40. The molecule has 0 amide bonds. The minimum atomic E-state index is -3.20. The van der Waals surface area contributed by atoms with Gasteiger partial charge in [-0.3, -0.25) is 4.90 Å². The van der Waals surface area contributed by atoms with Crippen LogP contribution in [-0.4, -0.2) is 55.6 Å². The van der Waals surface area contributed by atoms with Crippen molar-refractivity contribution in [1.29, 1.82) is 0 Å². The standard InChI is InChI=1S/C20H31N3O2S/c1-15-5-6-18-16(12-15)7-10-22-14-17-4-2-9-23(19(17)13-20(18)22)26(24,25)11-3-8-21/h5-6,12,17,19-20H,2-4,7-11,13-14,21H2,1H3/t17-,19+,20+/m1/s1. The van der Waals surface area contributed by atoms with Gasteiger partial charge in [-0.05, 0) is 62.6 Å². The Morgan fingerprint density at radius 3 is 2.92 bits per heavy atom. The lowest BCUT2D eigenvalue weighted by Gasteiger charge is -2.51. The molecular formula is C20H31N3O2S. The Hall–Kier alpha value is -0.950. The SMILES string of the molecule is Cc1ccc2c(c1)CCN1C[C@H]3CCCN(S(=O)(=O)CCCN)[C@H]3C[C@@H]21. The molecule has 0 spiro atoms. The Kier molecular flexibility index (Phi) is 5.12. The van der Waals surface area contributed by atoms with Crippen molar-refractivity contribution >= 4 is 10.0 Å². The number of rotatable bonds is 4. The Labute approximate surface area is 157 Å². The summed E-state index contributed by atoms with van der Waals surface area (Å²) in [4.78, 5) is 2.61. The first-order valence-corrected chi connectivity index (χ1v) is 11.6. The van der Waals surface area contributed by atoms with Crippen molar-refractivity contribution in [1.82, 2.24) is 9.21 Å². The van der Waals surface area contributed by atoms with Crippen molar-refractivity contribution in [2.75, 3.05) is 31.9 Å². The smallest absolute Gasteiger partial charge is 0.214 e. The Morgan fingerprint density at radius 2 is 2.12 bits per heavy atom. The second-order valence-corrected chi connectivity index (χ2v) is 10.3. The van der Waals surface area contributed by atoms with Gasteiger partial charge in [0.15, 0.2) is 0 Å². The van der Waals surface area contributed by atoms with Crippen LogP contribution >= 0.6 is 0 Å². The van der Waals surface area contributed by atoms with E-state index in [1.54, 1.807) is 0 Å². The second-order valence-electron chi connectivity index (χ2n) is 8.24. The number of hydrogen-bond acceptors (Lipinski definition) is 4. The molecule has 6 heteroatoms. The summed E-state index contributed by atoms with van der Waals surface area (Å²) in [5, 5.41) is 0. The number of nitrogens with two attached hydrogens (primary N) is 1. The van der Waals surface area contributed by atoms with Gasteiger partial charge in [-0.1, -0.05) is 23.8 Å². The molecule has 2 fully saturated rings. The molecule has 2 N–H and O–H groups in total. The van der Waals surface area contributed by atoms with Gasteiger partial charge in [0.25, 0.3) is 0 Å².